The summed E-state index contributed by atoms with van der Waals surface area (Å²) in [6.45, 7) is 3.56. The van der Waals surface area contributed by atoms with Crippen LogP contribution >= 0.6 is 0 Å². The van der Waals surface area contributed by atoms with Crippen LogP contribution in [-0.2, 0) is 0 Å². The number of ether oxygens (including phenoxy) is 2. The molecular weight excluding hydrogens is 240 g/mol. The zero-order valence-electron chi connectivity index (χ0n) is 11.7. The predicted octanol–water partition coefficient (Wildman–Crippen LogP) is 2.21. The van der Waals surface area contributed by atoms with Crippen LogP contribution in [0.4, 0.5) is 5.69 Å². The van der Waals surface area contributed by atoms with Crippen molar-refractivity contribution in [1.82, 2.24) is 4.90 Å². The summed E-state index contributed by atoms with van der Waals surface area (Å²) in [5.74, 6) is 2.47. The number of hydrogen-bond acceptors (Lipinski definition) is 4. The molecule has 1 unspecified atom stereocenters. The number of nitrogens with zero attached hydrogens (tertiary/aromatic N) is 1. The van der Waals surface area contributed by atoms with Gasteiger partial charge in [-0.05, 0) is 44.0 Å². The van der Waals surface area contributed by atoms with Crippen LogP contribution in [0.5, 0.6) is 11.5 Å². The molecule has 1 atom stereocenters. The predicted molar refractivity (Wildman–Crippen MR) is 76.1 cm³/mol. The lowest BCUT2D eigenvalue weighted by Gasteiger charge is -2.44. The first-order valence-electron chi connectivity index (χ1n) is 7.05. The minimum absolute atomic E-state index is 0.340. The van der Waals surface area contributed by atoms with E-state index >= 15 is 0 Å². The number of anilines is 1. The van der Waals surface area contributed by atoms with Crippen LogP contribution in [0.2, 0.25) is 0 Å². The topological polar surface area (TPSA) is 33.7 Å². The zero-order valence-corrected chi connectivity index (χ0v) is 11.7. The maximum atomic E-state index is 6.18. The van der Waals surface area contributed by atoms with Gasteiger partial charge in [0, 0.05) is 19.7 Å². The second-order valence-corrected chi connectivity index (χ2v) is 5.41. The number of hydrogen-bond donors (Lipinski definition) is 1. The van der Waals surface area contributed by atoms with Crippen molar-refractivity contribution < 1.29 is 9.47 Å². The van der Waals surface area contributed by atoms with E-state index in [-0.39, 0.29) is 0 Å². The molecule has 1 N–H and O–H groups in total. The lowest BCUT2D eigenvalue weighted by molar-refractivity contribution is -0.00782. The van der Waals surface area contributed by atoms with Crippen LogP contribution in [0.1, 0.15) is 12.8 Å². The molecule has 2 bridgehead atoms. The zero-order chi connectivity index (χ0) is 13.2. The van der Waals surface area contributed by atoms with E-state index in [1.807, 2.05) is 25.2 Å². The fourth-order valence-corrected chi connectivity index (χ4v) is 3.17. The SMILES string of the molecule is CNc1ccc(OC2CN3CCC2CC3)cc1OC. The van der Waals surface area contributed by atoms with Gasteiger partial charge in [0.2, 0.25) is 0 Å². The van der Waals surface area contributed by atoms with Crippen LogP contribution in [0.3, 0.4) is 0 Å². The van der Waals surface area contributed by atoms with Crippen LogP contribution in [0.25, 0.3) is 0 Å². The Morgan fingerprint density at radius 3 is 2.63 bits per heavy atom. The molecule has 1 aromatic carbocycles. The Morgan fingerprint density at radius 1 is 1.26 bits per heavy atom. The van der Waals surface area contributed by atoms with Crippen molar-refractivity contribution in [3.8, 4) is 11.5 Å². The second kappa shape index (κ2) is 5.29. The Kier molecular flexibility index (Phi) is 3.51. The average molecular weight is 262 g/mol. The van der Waals surface area contributed by atoms with Gasteiger partial charge in [-0.15, -0.1) is 0 Å². The molecule has 4 rings (SSSR count). The molecule has 1 aromatic rings. The van der Waals surface area contributed by atoms with Gasteiger partial charge < -0.3 is 14.8 Å². The minimum atomic E-state index is 0.340. The fourth-order valence-electron chi connectivity index (χ4n) is 3.17. The quantitative estimate of drug-likeness (QED) is 0.902. The van der Waals surface area contributed by atoms with Crippen molar-refractivity contribution in [2.45, 2.75) is 18.9 Å². The van der Waals surface area contributed by atoms with Crippen molar-refractivity contribution in [1.29, 1.82) is 0 Å². The minimum Gasteiger partial charge on any atom is -0.494 e. The molecule has 0 aliphatic carbocycles. The molecule has 4 nitrogen and oxygen atoms in total. The molecule has 4 heteroatoms. The van der Waals surface area contributed by atoms with Gasteiger partial charge in [0.15, 0.2) is 0 Å². The fraction of sp³-hybridized carbons (Fsp3) is 0.600. The number of rotatable bonds is 4. The lowest BCUT2D eigenvalue weighted by Crippen LogP contribution is -2.52. The van der Waals surface area contributed by atoms with Gasteiger partial charge in [0.05, 0.1) is 12.8 Å². The number of methoxy groups -OCH3 is 1. The molecule has 3 fully saturated rings. The number of benzene rings is 1. The summed E-state index contributed by atoms with van der Waals surface area (Å²) in [5.41, 5.74) is 0.990. The normalized spacial score (nSPS) is 29.1. The summed E-state index contributed by atoms with van der Waals surface area (Å²) < 4.78 is 11.6. The van der Waals surface area contributed by atoms with Crippen molar-refractivity contribution in [2.75, 3.05) is 39.1 Å². The Labute approximate surface area is 114 Å². The summed E-state index contributed by atoms with van der Waals surface area (Å²) in [7, 11) is 3.58. The Hall–Kier alpha value is -1.42. The monoisotopic (exact) mass is 262 g/mol. The highest BCUT2D eigenvalue weighted by Gasteiger charge is 2.35. The maximum absolute atomic E-state index is 6.18. The van der Waals surface area contributed by atoms with E-state index in [1.54, 1.807) is 7.11 Å². The third-order valence-electron chi connectivity index (χ3n) is 4.33. The molecule has 19 heavy (non-hydrogen) atoms. The second-order valence-electron chi connectivity index (χ2n) is 5.41. The van der Waals surface area contributed by atoms with Crippen molar-refractivity contribution >= 4 is 5.69 Å². The first-order valence-corrected chi connectivity index (χ1v) is 7.05. The van der Waals surface area contributed by atoms with E-state index in [4.69, 9.17) is 9.47 Å². The van der Waals surface area contributed by atoms with Gasteiger partial charge in [-0.3, -0.25) is 4.90 Å². The third-order valence-corrected chi connectivity index (χ3v) is 4.33. The Bertz CT molecular complexity index is 442. The molecule has 0 spiro atoms. The van der Waals surface area contributed by atoms with Gasteiger partial charge in [0.25, 0.3) is 0 Å². The van der Waals surface area contributed by atoms with Gasteiger partial charge in [-0.2, -0.15) is 0 Å². The van der Waals surface area contributed by atoms with E-state index in [0.29, 0.717) is 6.10 Å². The van der Waals surface area contributed by atoms with E-state index < -0.39 is 0 Å². The van der Waals surface area contributed by atoms with Crippen LogP contribution < -0.4 is 14.8 Å². The Balaban J connectivity index is 1.73. The summed E-state index contributed by atoms with van der Waals surface area (Å²) in [6, 6.07) is 6.00. The van der Waals surface area contributed by atoms with Crippen LogP contribution in [0, 0.1) is 5.92 Å². The summed E-state index contributed by atoms with van der Waals surface area (Å²) in [5, 5.41) is 3.12. The first-order chi connectivity index (χ1) is 9.30. The summed E-state index contributed by atoms with van der Waals surface area (Å²) >= 11 is 0. The van der Waals surface area contributed by atoms with Crippen molar-refractivity contribution in [2.24, 2.45) is 5.92 Å². The molecule has 104 valence electrons. The standard InChI is InChI=1S/C15H22N2O2/c1-16-13-4-3-12(9-14(13)18-2)19-15-10-17-7-5-11(15)6-8-17/h3-4,9,11,15-16H,5-8,10H2,1-2H3. The lowest BCUT2D eigenvalue weighted by atomic mass is 9.86. The largest absolute Gasteiger partial charge is 0.494 e. The molecule has 0 aromatic heterocycles. The van der Waals surface area contributed by atoms with E-state index in [2.05, 4.69) is 10.2 Å². The molecule has 3 heterocycles. The number of piperidine rings is 3. The molecule has 3 aliphatic heterocycles. The number of fused-ring (bicyclic) bond motifs is 3. The first kappa shape index (κ1) is 12.6. The highest BCUT2D eigenvalue weighted by atomic mass is 16.5. The van der Waals surface area contributed by atoms with Crippen molar-refractivity contribution in [3.05, 3.63) is 18.2 Å². The molecule has 0 saturated carbocycles. The smallest absolute Gasteiger partial charge is 0.145 e. The van der Waals surface area contributed by atoms with Crippen LogP contribution in [0.15, 0.2) is 18.2 Å². The van der Waals surface area contributed by atoms with Gasteiger partial charge >= 0.3 is 0 Å². The van der Waals surface area contributed by atoms with E-state index in [9.17, 15) is 0 Å². The Morgan fingerprint density at radius 2 is 2.05 bits per heavy atom. The van der Waals surface area contributed by atoms with Crippen LogP contribution in [-0.4, -0.2) is 44.8 Å². The molecule has 3 aliphatic rings. The summed E-state index contributed by atoms with van der Waals surface area (Å²) in [4.78, 5) is 2.50. The van der Waals surface area contributed by atoms with Gasteiger partial charge in [-0.1, -0.05) is 0 Å². The maximum Gasteiger partial charge on any atom is 0.145 e. The molecule has 0 radical (unpaired) electrons. The molecule has 0 amide bonds. The highest BCUT2D eigenvalue weighted by Crippen LogP contribution is 2.33. The van der Waals surface area contributed by atoms with E-state index in [0.717, 1.165) is 29.6 Å². The van der Waals surface area contributed by atoms with E-state index in [1.165, 1.54) is 25.9 Å². The number of nitrogens with one attached hydrogen (secondary N) is 1. The molecule has 3 saturated heterocycles. The third kappa shape index (κ3) is 2.50. The van der Waals surface area contributed by atoms with Gasteiger partial charge in [-0.25, -0.2) is 0 Å². The molecular formula is C15H22N2O2. The summed E-state index contributed by atoms with van der Waals surface area (Å²) in [6.07, 6.45) is 2.89. The average Bonchev–Trinajstić information content (AvgIpc) is 2.48. The van der Waals surface area contributed by atoms with Gasteiger partial charge in [0.1, 0.15) is 17.6 Å². The van der Waals surface area contributed by atoms with Crippen molar-refractivity contribution in [3.63, 3.8) is 0 Å². The highest BCUT2D eigenvalue weighted by molar-refractivity contribution is 5.58.